The average Bonchev–Trinajstić information content (AvgIpc) is 3.52. The van der Waals surface area contributed by atoms with Crippen LogP contribution in [0.3, 0.4) is 0 Å². The van der Waals surface area contributed by atoms with E-state index in [1.165, 1.54) is 0 Å². The third kappa shape index (κ3) is 4.65. The summed E-state index contributed by atoms with van der Waals surface area (Å²) in [4.78, 5) is 44.4. The summed E-state index contributed by atoms with van der Waals surface area (Å²) in [6, 6.07) is 11.8. The monoisotopic (exact) mass is 498 g/mol. The Morgan fingerprint density at radius 2 is 2.11 bits per heavy atom. The highest BCUT2D eigenvalue weighted by Gasteiger charge is 2.38. The number of rotatable bonds is 6. The Morgan fingerprint density at radius 3 is 2.84 bits per heavy atom. The normalized spacial score (nSPS) is 19.6. The van der Waals surface area contributed by atoms with Gasteiger partial charge < -0.3 is 25.3 Å². The Morgan fingerprint density at radius 1 is 1.27 bits per heavy atom. The predicted molar refractivity (Wildman–Crippen MR) is 140 cm³/mol. The number of ether oxygens (including phenoxy) is 1. The van der Waals surface area contributed by atoms with Crippen LogP contribution in [0.4, 0.5) is 0 Å². The second-order valence-electron chi connectivity index (χ2n) is 9.70. The summed E-state index contributed by atoms with van der Waals surface area (Å²) < 4.78 is 5.44. The zero-order chi connectivity index (χ0) is 26.1. The molecule has 3 N–H and O–H groups in total. The number of aromatic amines is 1. The molecule has 3 amide bonds. The fourth-order valence-electron chi connectivity index (χ4n) is 5.41. The highest BCUT2D eigenvalue weighted by Crippen LogP contribution is 2.33. The van der Waals surface area contributed by atoms with Crippen molar-refractivity contribution in [2.75, 3.05) is 20.2 Å². The number of methoxy groups -OCH3 is 1. The van der Waals surface area contributed by atoms with Crippen molar-refractivity contribution in [3.05, 3.63) is 64.8 Å². The predicted octanol–water partition coefficient (Wildman–Crippen LogP) is 2.87. The maximum absolute atomic E-state index is 13.8. The van der Waals surface area contributed by atoms with E-state index < -0.39 is 12.1 Å². The second-order valence-corrected chi connectivity index (χ2v) is 9.70. The van der Waals surface area contributed by atoms with Crippen molar-refractivity contribution < 1.29 is 19.1 Å². The number of aryl methyl sites for hydroxylation is 1. The Hall–Kier alpha value is -4.25. The van der Waals surface area contributed by atoms with Crippen molar-refractivity contribution in [2.24, 2.45) is 5.92 Å². The van der Waals surface area contributed by atoms with Crippen LogP contribution in [-0.2, 0) is 16.0 Å². The van der Waals surface area contributed by atoms with Crippen LogP contribution >= 0.6 is 0 Å². The Labute approximate surface area is 215 Å². The molecule has 3 atom stereocenters. The van der Waals surface area contributed by atoms with Gasteiger partial charge >= 0.3 is 0 Å². The van der Waals surface area contributed by atoms with Crippen molar-refractivity contribution in [1.29, 1.82) is 0 Å². The Balaban J connectivity index is 1.46. The van der Waals surface area contributed by atoms with Gasteiger partial charge in [-0.2, -0.15) is 0 Å². The number of nitrogens with one attached hydrogen (secondary N) is 3. The third-order valence-corrected chi connectivity index (χ3v) is 7.31. The molecule has 2 aliphatic heterocycles. The van der Waals surface area contributed by atoms with Crippen molar-refractivity contribution in [3.8, 4) is 18.1 Å². The third-order valence-electron chi connectivity index (χ3n) is 7.31. The van der Waals surface area contributed by atoms with Gasteiger partial charge in [0.1, 0.15) is 17.5 Å². The van der Waals surface area contributed by atoms with Crippen LogP contribution in [0.2, 0.25) is 0 Å². The molecular formula is C29H30N4O4. The van der Waals surface area contributed by atoms with Crippen LogP contribution in [0.5, 0.6) is 5.75 Å². The summed E-state index contributed by atoms with van der Waals surface area (Å²) in [7, 11) is 1.59. The molecule has 8 heteroatoms. The van der Waals surface area contributed by atoms with Gasteiger partial charge in [-0.25, -0.2) is 0 Å². The minimum absolute atomic E-state index is 0.0426. The molecule has 1 aromatic heterocycles. The number of terminal acetylenes is 1. The fourth-order valence-corrected chi connectivity index (χ4v) is 5.41. The molecule has 5 rings (SSSR count). The number of amides is 3. The lowest BCUT2D eigenvalue weighted by molar-refractivity contribution is -0.127. The number of carbonyl (C=O) groups is 3. The van der Waals surface area contributed by atoms with E-state index in [4.69, 9.17) is 11.2 Å². The number of H-pyrrole nitrogens is 1. The number of carbonyl (C=O) groups excluding carboxylic acids is 3. The molecule has 1 fully saturated rings. The summed E-state index contributed by atoms with van der Waals surface area (Å²) in [5.74, 6) is 2.37. The molecule has 2 aliphatic rings. The lowest BCUT2D eigenvalue weighted by Crippen LogP contribution is -2.49. The van der Waals surface area contributed by atoms with Crippen molar-refractivity contribution in [3.63, 3.8) is 0 Å². The van der Waals surface area contributed by atoms with Gasteiger partial charge in [0, 0.05) is 29.9 Å². The molecule has 0 bridgehead atoms. The average molecular weight is 499 g/mol. The SMILES string of the molecule is C#C[C@H](C[C@@H]1CCNC1=O)NC(=O)C1c2ccc(C)cc2CCN1C(=O)c1cc2c(OC)cccc2[nH]1. The zero-order valence-corrected chi connectivity index (χ0v) is 21.0. The van der Waals surface area contributed by atoms with Crippen molar-refractivity contribution in [2.45, 2.75) is 38.3 Å². The number of fused-ring (bicyclic) bond motifs is 2. The van der Waals surface area contributed by atoms with Gasteiger partial charge in [-0.05, 0) is 55.5 Å². The van der Waals surface area contributed by atoms with Crippen LogP contribution < -0.4 is 15.4 Å². The van der Waals surface area contributed by atoms with E-state index in [0.29, 0.717) is 43.8 Å². The first-order chi connectivity index (χ1) is 17.9. The number of hydrogen-bond acceptors (Lipinski definition) is 4. The molecule has 190 valence electrons. The van der Waals surface area contributed by atoms with Gasteiger partial charge in [-0.3, -0.25) is 14.4 Å². The quantitative estimate of drug-likeness (QED) is 0.455. The Bertz CT molecular complexity index is 1420. The van der Waals surface area contributed by atoms with E-state index in [9.17, 15) is 14.4 Å². The summed E-state index contributed by atoms with van der Waals surface area (Å²) in [5, 5.41) is 6.55. The van der Waals surface area contributed by atoms with E-state index in [2.05, 4.69) is 27.6 Å². The largest absolute Gasteiger partial charge is 0.496 e. The number of hydrogen-bond donors (Lipinski definition) is 3. The van der Waals surface area contributed by atoms with E-state index >= 15 is 0 Å². The van der Waals surface area contributed by atoms with Crippen LogP contribution in [0, 0.1) is 25.2 Å². The van der Waals surface area contributed by atoms with E-state index in [-0.39, 0.29) is 23.6 Å². The highest BCUT2D eigenvalue weighted by atomic mass is 16.5. The van der Waals surface area contributed by atoms with Gasteiger partial charge in [-0.15, -0.1) is 6.42 Å². The maximum Gasteiger partial charge on any atom is 0.271 e. The molecule has 0 aliphatic carbocycles. The van der Waals surface area contributed by atoms with Gasteiger partial charge in [0.05, 0.1) is 13.2 Å². The number of benzene rings is 2. The standard InChI is InChI=1S/C29H30N4O4/c1-4-20(15-19-10-12-30-27(19)34)31-28(35)26-21-9-8-17(2)14-18(21)11-13-33(26)29(36)24-16-22-23(32-24)6-5-7-25(22)37-3/h1,5-9,14,16,19-20,26,32H,10-13,15H2,2-3H3,(H,30,34)(H,31,35)/t19-,20+,26?/m0/s1. The number of aromatic nitrogens is 1. The molecule has 3 aromatic rings. The summed E-state index contributed by atoms with van der Waals surface area (Å²) in [6.45, 7) is 3.00. The topological polar surface area (TPSA) is 104 Å². The molecule has 0 radical (unpaired) electrons. The van der Waals surface area contributed by atoms with E-state index in [1.54, 1.807) is 18.1 Å². The maximum atomic E-state index is 13.8. The molecule has 0 spiro atoms. The smallest absolute Gasteiger partial charge is 0.271 e. The van der Waals surface area contributed by atoms with Crippen molar-refractivity contribution in [1.82, 2.24) is 20.5 Å². The summed E-state index contributed by atoms with van der Waals surface area (Å²) in [5.41, 5.74) is 4.07. The van der Waals surface area contributed by atoms with Crippen LogP contribution in [0.1, 0.15) is 46.1 Å². The highest BCUT2D eigenvalue weighted by molar-refractivity contribution is 6.02. The minimum atomic E-state index is -0.849. The first-order valence-electron chi connectivity index (χ1n) is 12.5. The molecule has 8 nitrogen and oxygen atoms in total. The fraction of sp³-hybridized carbons (Fsp3) is 0.345. The minimum Gasteiger partial charge on any atom is -0.496 e. The molecule has 1 saturated heterocycles. The van der Waals surface area contributed by atoms with E-state index in [1.807, 2.05) is 37.3 Å². The molecule has 3 heterocycles. The van der Waals surface area contributed by atoms with Crippen LogP contribution in [0.25, 0.3) is 10.9 Å². The van der Waals surface area contributed by atoms with Gasteiger partial charge in [-0.1, -0.05) is 35.7 Å². The summed E-state index contributed by atoms with van der Waals surface area (Å²) >= 11 is 0. The van der Waals surface area contributed by atoms with Gasteiger partial charge in [0.25, 0.3) is 5.91 Å². The van der Waals surface area contributed by atoms with Gasteiger partial charge in [0.2, 0.25) is 11.8 Å². The van der Waals surface area contributed by atoms with Crippen molar-refractivity contribution >= 4 is 28.6 Å². The first kappa shape index (κ1) is 24.4. The molecule has 1 unspecified atom stereocenters. The van der Waals surface area contributed by atoms with Gasteiger partial charge in [0.15, 0.2) is 0 Å². The molecule has 2 aromatic carbocycles. The lowest BCUT2D eigenvalue weighted by Gasteiger charge is -2.37. The second kappa shape index (κ2) is 10.0. The van der Waals surface area contributed by atoms with Crippen LogP contribution in [0.15, 0.2) is 42.5 Å². The lowest BCUT2D eigenvalue weighted by atomic mass is 9.90. The van der Waals surface area contributed by atoms with E-state index in [0.717, 1.165) is 27.6 Å². The molecular weight excluding hydrogens is 468 g/mol. The summed E-state index contributed by atoms with van der Waals surface area (Å²) in [6.07, 6.45) is 7.43. The first-order valence-corrected chi connectivity index (χ1v) is 12.5. The molecule has 0 saturated carbocycles. The molecule has 37 heavy (non-hydrogen) atoms. The van der Waals surface area contributed by atoms with Crippen LogP contribution in [-0.4, -0.2) is 53.8 Å². The Kier molecular flexibility index (Phi) is 6.62. The zero-order valence-electron chi connectivity index (χ0n) is 21.0. The number of nitrogens with zero attached hydrogens (tertiary/aromatic N) is 1.